The minimum absolute atomic E-state index is 0.234. The molecule has 0 unspecified atom stereocenters. The number of rotatable bonds is 7. The average Bonchev–Trinajstić information content (AvgIpc) is 2.52. The first-order valence-corrected chi connectivity index (χ1v) is 7.61. The van der Waals surface area contributed by atoms with Gasteiger partial charge in [-0.2, -0.15) is 0 Å². The van der Waals surface area contributed by atoms with E-state index in [9.17, 15) is 9.59 Å². The molecule has 0 radical (unpaired) electrons. The van der Waals surface area contributed by atoms with E-state index in [0.717, 1.165) is 36.2 Å². The molecule has 0 saturated heterocycles. The number of benzene rings is 1. The van der Waals surface area contributed by atoms with Crippen molar-refractivity contribution in [3.05, 3.63) is 68.5 Å². The van der Waals surface area contributed by atoms with Gasteiger partial charge in [-0.25, -0.2) is 4.79 Å². The molecule has 0 amide bonds. The predicted octanol–water partition coefficient (Wildman–Crippen LogP) is 1.43. The Bertz CT molecular complexity index is 717. The lowest BCUT2D eigenvalue weighted by molar-refractivity contribution is 0.525. The van der Waals surface area contributed by atoms with E-state index in [1.165, 1.54) is 18.7 Å². The highest BCUT2D eigenvalue weighted by Crippen LogP contribution is 1.99. The van der Waals surface area contributed by atoms with E-state index in [1.807, 2.05) is 18.2 Å². The number of hydrogen-bond donors (Lipinski definition) is 1. The number of nitrogens with zero attached hydrogens (tertiary/aromatic N) is 2. The molecule has 1 heterocycles. The lowest BCUT2D eigenvalue weighted by Crippen LogP contribution is -2.38. The summed E-state index contributed by atoms with van der Waals surface area (Å²) in [6.07, 6.45) is 1.89. The number of aromatic nitrogens is 2. The van der Waals surface area contributed by atoms with Gasteiger partial charge in [0.2, 0.25) is 0 Å². The van der Waals surface area contributed by atoms with Crippen molar-refractivity contribution < 1.29 is 0 Å². The highest BCUT2D eigenvalue weighted by molar-refractivity contribution is 5.14. The van der Waals surface area contributed by atoms with Crippen LogP contribution in [0.4, 0.5) is 0 Å². The summed E-state index contributed by atoms with van der Waals surface area (Å²) in [6.45, 7) is 4.22. The van der Waals surface area contributed by atoms with Gasteiger partial charge in [-0.15, -0.1) is 0 Å². The first-order valence-electron chi connectivity index (χ1n) is 7.61. The summed E-state index contributed by atoms with van der Waals surface area (Å²) in [5, 5.41) is 3.40. The maximum Gasteiger partial charge on any atom is 0.330 e. The van der Waals surface area contributed by atoms with Crippen LogP contribution in [0.3, 0.4) is 0 Å². The highest BCUT2D eigenvalue weighted by Gasteiger charge is 2.05. The molecule has 0 bridgehead atoms. The lowest BCUT2D eigenvalue weighted by atomic mass is 10.2. The molecule has 118 valence electrons. The van der Waals surface area contributed by atoms with E-state index in [0.29, 0.717) is 6.54 Å². The van der Waals surface area contributed by atoms with Gasteiger partial charge >= 0.3 is 5.69 Å². The molecule has 0 aliphatic heterocycles. The van der Waals surface area contributed by atoms with Gasteiger partial charge < -0.3 is 5.32 Å². The van der Waals surface area contributed by atoms with Gasteiger partial charge in [0.25, 0.3) is 5.56 Å². The number of hydrogen-bond acceptors (Lipinski definition) is 3. The first-order chi connectivity index (χ1) is 10.6. The molecule has 0 fully saturated rings. The molecule has 0 saturated carbocycles. The largest absolute Gasteiger partial charge is 0.330 e. The van der Waals surface area contributed by atoms with Crippen molar-refractivity contribution in [2.45, 2.75) is 32.9 Å². The van der Waals surface area contributed by atoms with Crippen LogP contribution in [0.2, 0.25) is 0 Å². The molecule has 2 rings (SSSR count). The zero-order valence-electron chi connectivity index (χ0n) is 13.2. The number of aryl methyl sites for hydroxylation is 1. The summed E-state index contributed by atoms with van der Waals surface area (Å²) in [6, 6.07) is 11.8. The van der Waals surface area contributed by atoms with Crippen LogP contribution in [0.1, 0.15) is 24.1 Å². The fourth-order valence-electron chi connectivity index (χ4n) is 2.40. The third kappa shape index (κ3) is 4.18. The fraction of sp³-hybridized carbons (Fsp3) is 0.412. The zero-order valence-corrected chi connectivity index (χ0v) is 13.2. The molecule has 1 aromatic carbocycles. The van der Waals surface area contributed by atoms with Crippen molar-refractivity contribution >= 4 is 0 Å². The molecule has 1 N–H and O–H groups in total. The maximum atomic E-state index is 12.0. The summed E-state index contributed by atoms with van der Waals surface area (Å²) in [5.41, 5.74) is 1.52. The quantitative estimate of drug-likeness (QED) is 0.787. The van der Waals surface area contributed by atoms with Crippen molar-refractivity contribution in [1.82, 2.24) is 14.5 Å². The summed E-state index contributed by atoms with van der Waals surface area (Å²) in [5.74, 6) is 0. The second-order valence-corrected chi connectivity index (χ2v) is 5.49. The van der Waals surface area contributed by atoms with E-state index >= 15 is 0 Å². The van der Waals surface area contributed by atoms with Crippen LogP contribution in [0.15, 0.2) is 46.0 Å². The van der Waals surface area contributed by atoms with Gasteiger partial charge in [0.05, 0.1) is 0 Å². The van der Waals surface area contributed by atoms with Crippen LogP contribution in [-0.4, -0.2) is 15.7 Å². The van der Waals surface area contributed by atoms with Crippen LogP contribution in [-0.2, 0) is 20.1 Å². The molecule has 2 aromatic rings. The van der Waals surface area contributed by atoms with Gasteiger partial charge in [0.15, 0.2) is 0 Å². The molecule has 1 aromatic heterocycles. The second-order valence-electron chi connectivity index (χ2n) is 5.49. The minimum atomic E-state index is -0.247. The van der Waals surface area contributed by atoms with Gasteiger partial charge in [-0.05, 0) is 31.9 Å². The summed E-state index contributed by atoms with van der Waals surface area (Å²) < 4.78 is 2.82. The SMILES string of the molecule is Cc1cc(=O)n(C)c(=O)n1CCCCNCc1ccccc1. The normalized spacial score (nSPS) is 10.8. The predicted molar refractivity (Wildman–Crippen MR) is 88.1 cm³/mol. The maximum absolute atomic E-state index is 12.0. The third-order valence-corrected chi connectivity index (χ3v) is 3.76. The van der Waals surface area contributed by atoms with Gasteiger partial charge in [0.1, 0.15) is 0 Å². The van der Waals surface area contributed by atoms with Crippen LogP contribution in [0, 0.1) is 6.92 Å². The first kappa shape index (κ1) is 16.2. The standard InChI is InChI=1S/C17H23N3O2/c1-14-12-16(21)19(2)17(22)20(14)11-7-6-10-18-13-15-8-4-3-5-9-15/h3-5,8-9,12,18H,6-7,10-11,13H2,1-2H3. The molecule has 0 atom stereocenters. The van der Waals surface area contributed by atoms with E-state index in [1.54, 1.807) is 11.5 Å². The van der Waals surface area contributed by atoms with Crippen molar-refractivity contribution in [2.24, 2.45) is 7.05 Å². The molecular formula is C17H23N3O2. The average molecular weight is 301 g/mol. The zero-order chi connectivity index (χ0) is 15.9. The Hall–Kier alpha value is -2.14. The molecule has 0 aliphatic rings. The summed E-state index contributed by atoms with van der Waals surface area (Å²) in [7, 11) is 1.52. The van der Waals surface area contributed by atoms with Gasteiger partial charge in [0, 0.05) is 31.9 Å². The third-order valence-electron chi connectivity index (χ3n) is 3.76. The van der Waals surface area contributed by atoms with Crippen molar-refractivity contribution in [3.63, 3.8) is 0 Å². The molecular weight excluding hydrogens is 278 g/mol. The fourth-order valence-corrected chi connectivity index (χ4v) is 2.40. The highest BCUT2D eigenvalue weighted by atomic mass is 16.2. The Morgan fingerprint density at radius 1 is 1.09 bits per heavy atom. The molecule has 5 heteroatoms. The summed E-state index contributed by atoms with van der Waals surface area (Å²) >= 11 is 0. The van der Waals surface area contributed by atoms with Crippen LogP contribution in [0.5, 0.6) is 0 Å². The molecule has 0 spiro atoms. The van der Waals surface area contributed by atoms with Crippen molar-refractivity contribution in [2.75, 3.05) is 6.54 Å². The minimum Gasteiger partial charge on any atom is -0.313 e. The molecule has 22 heavy (non-hydrogen) atoms. The Kier molecular flexibility index (Phi) is 5.72. The van der Waals surface area contributed by atoms with Crippen LogP contribution < -0.4 is 16.6 Å². The van der Waals surface area contributed by atoms with Crippen molar-refractivity contribution in [3.8, 4) is 0 Å². The van der Waals surface area contributed by atoms with Crippen molar-refractivity contribution in [1.29, 1.82) is 0 Å². The van der Waals surface area contributed by atoms with E-state index in [2.05, 4.69) is 17.4 Å². The summed E-state index contributed by atoms with van der Waals surface area (Å²) in [4.78, 5) is 23.5. The van der Waals surface area contributed by atoms with Crippen LogP contribution >= 0.6 is 0 Å². The number of nitrogens with one attached hydrogen (secondary N) is 1. The monoisotopic (exact) mass is 301 g/mol. The smallest absolute Gasteiger partial charge is 0.313 e. The molecule has 5 nitrogen and oxygen atoms in total. The Labute approximate surface area is 130 Å². The Balaban J connectivity index is 1.77. The second kappa shape index (κ2) is 7.75. The Morgan fingerprint density at radius 2 is 1.82 bits per heavy atom. The topological polar surface area (TPSA) is 56.0 Å². The van der Waals surface area contributed by atoms with Gasteiger partial charge in [-0.3, -0.25) is 13.9 Å². The Morgan fingerprint density at radius 3 is 2.55 bits per heavy atom. The van der Waals surface area contributed by atoms with Crippen LogP contribution in [0.25, 0.3) is 0 Å². The van der Waals surface area contributed by atoms with E-state index in [-0.39, 0.29) is 11.2 Å². The van der Waals surface area contributed by atoms with E-state index in [4.69, 9.17) is 0 Å². The van der Waals surface area contributed by atoms with Gasteiger partial charge in [-0.1, -0.05) is 30.3 Å². The van der Waals surface area contributed by atoms with E-state index < -0.39 is 0 Å². The number of unbranched alkanes of at least 4 members (excludes halogenated alkanes) is 1. The lowest BCUT2D eigenvalue weighted by Gasteiger charge is -2.11. The molecule has 0 aliphatic carbocycles.